The van der Waals surface area contributed by atoms with E-state index in [-0.39, 0.29) is 0 Å². The van der Waals surface area contributed by atoms with Crippen LogP contribution >= 0.6 is 0 Å². The maximum atomic E-state index is 4.17. The van der Waals surface area contributed by atoms with Crippen LogP contribution in [-0.2, 0) is 0 Å². The molecule has 0 aliphatic heterocycles. The molecule has 0 amide bonds. The molecule has 0 aliphatic carbocycles. The summed E-state index contributed by atoms with van der Waals surface area (Å²) < 4.78 is 0. The van der Waals surface area contributed by atoms with Crippen molar-refractivity contribution >= 4 is 12.0 Å². The van der Waals surface area contributed by atoms with Crippen LogP contribution < -0.4 is 0 Å². The summed E-state index contributed by atoms with van der Waals surface area (Å²) in [7, 11) is 3.84. The number of rotatable bonds is 3. The van der Waals surface area contributed by atoms with Gasteiger partial charge in [0.15, 0.2) is 0 Å². The van der Waals surface area contributed by atoms with Crippen LogP contribution in [-0.4, -0.2) is 30.3 Å². The molecule has 1 aromatic heterocycles. The average molecular weight is 175 g/mol. The predicted octanol–water partition coefficient (Wildman–Crippen LogP) is 1.64. The molecule has 1 aromatic rings. The van der Waals surface area contributed by atoms with Crippen LogP contribution in [0, 0.1) is 0 Å². The second-order valence-electron chi connectivity index (χ2n) is 2.89. The van der Waals surface area contributed by atoms with Crippen molar-refractivity contribution in [2.45, 2.75) is 0 Å². The topological polar surface area (TPSA) is 28.5 Å². The van der Waals surface area contributed by atoms with Crippen molar-refractivity contribution in [3.63, 3.8) is 0 Å². The van der Waals surface area contributed by atoms with E-state index in [1.807, 2.05) is 31.1 Å². The zero-order chi connectivity index (χ0) is 9.68. The van der Waals surface area contributed by atoms with Gasteiger partial charge in [0.1, 0.15) is 0 Å². The van der Waals surface area contributed by atoms with E-state index in [1.165, 1.54) is 0 Å². The molecule has 0 N–H and O–H groups in total. The molecular weight excluding hydrogens is 162 g/mol. The summed E-state index contributed by atoms with van der Waals surface area (Å²) in [4.78, 5) is 9.96. The Morgan fingerprint density at radius 2 is 2.08 bits per heavy atom. The second-order valence-corrected chi connectivity index (χ2v) is 2.89. The van der Waals surface area contributed by atoms with Crippen LogP contribution in [0.3, 0.4) is 0 Å². The molecule has 0 atom stereocenters. The van der Waals surface area contributed by atoms with Gasteiger partial charge in [-0.15, -0.1) is 0 Å². The van der Waals surface area contributed by atoms with E-state index in [9.17, 15) is 0 Å². The lowest BCUT2D eigenvalue weighted by atomic mass is 10.2. The maximum Gasteiger partial charge on any atom is 0.0907 e. The summed E-state index contributed by atoms with van der Waals surface area (Å²) in [5, 5.41) is 0. The third-order valence-electron chi connectivity index (χ3n) is 1.46. The molecule has 0 aliphatic rings. The van der Waals surface area contributed by atoms with Crippen molar-refractivity contribution in [1.29, 1.82) is 0 Å². The lowest BCUT2D eigenvalue weighted by molar-refractivity contribution is 0.643. The molecule has 0 spiro atoms. The molecular formula is C10H13N3. The summed E-state index contributed by atoms with van der Waals surface area (Å²) in [5.41, 5.74) is 1.74. The van der Waals surface area contributed by atoms with Crippen LogP contribution in [0.1, 0.15) is 5.56 Å². The first-order valence-corrected chi connectivity index (χ1v) is 4.00. The molecule has 0 radical (unpaired) electrons. The predicted molar refractivity (Wildman–Crippen MR) is 55.5 cm³/mol. The zero-order valence-electron chi connectivity index (χ0n) is 7.94. The zero-order valence-corrected chi connectivity index (χ0v) is 7.94. The van der Waals surface area contributed by atoms with Gasteiger partial charge in [-0.05, 0) is 12.1 Å². The first-order valence-electron chi connectivity index (χ1n) is 4.00. The number of aromatic nitrogens is 1. The van der Waals surface area contributed by atoms with Gasteiger partial charge in [-0.2, -0.15) is 0 Å². The Bertz CT molecular complexity index is 301. The number of hydrogen-bond donors (Lipinski definition) is 0. The van der Waals surface area contributed by atoms with Crippen molar-refractivity contribution in [1.82, 2.24) is 9.88 Å². The van der Waals surface area contributed by atoms with E-state index < -0.39 is 0 Å². The summed E-state index contributed by atoms with van der Waals surface area (Å²) in [6.45, 7) is 3.84. The number of pyridine rings is 1. The fraction of sp³-hybridized carbons (Fsp3) is 0.200. The first-order chi connectivity index (χ1) is 6.20. The van der Waals surface area contributed by atoms with E-state index in [1.54, 1.807) is 18.7 Å². The minimum atomic E-state index is 0.746. The highest BCUT2D eigenvalue weighted by molar-refractivity contribution is 5.70. The minimum Gasteiger partial charge on any atom is -0.369 e. The highest BCUT2D eigenvalue weighted by Crippen LogP contribution is 2.10. The Kier molecular flexibility index (Phi) is 3.20. The molecule has 0 aromatic carbocycles. The van der Waals surface area contributed by atoms with E-state index in [0.717, 1.165) is 11.3 Å². The highest BCUT2D eigenvalue weighted by atomic mass is 15.1. The molecule has 1 rings (SSSR count). The standard InChI is InChI=1S/C10H13N3/c1-9(12-8-13(2)3)10-4-6-11-7-5-10/h4-8H,1H2,2-3H3. The van der Waals surface area contributed by atoms with Gasteiger partial charge in [-0.1, -0.05) is 6.58 Å². The Morgan fingerprint density at radius 3 is 2.62 bits per heavy atom. The van der Waals surface area contributed by atoms with E-state index in [2.05, 4.69) is 16.6 Å². The third kappa shape index (κ3) is 3.07. The Morgan fingerprint density at radius 1 is 1.46 bits per heavy atom. The van der Waals surface area contributed by atoms with E-state index >= 15 is 0 Å². The summed E-state index contributed by atoms with van der Waals surface area (Å²) in [6.07, 6.45) is 5.18. The molecule has 3 nitrogen and oxygen atoms in total. The van der Waals surface area contributed by atoms with Gasteiger partial charge >= 0.3 is 0 Å². The Labute approximate surface area is 78.4 Å². The lowest BCUT2D eigenvalue weighted by Gasteiger charge is -2.03. The quantitative estimate of drug-likeness (QED) is 0.516. The molecule has 0 saturated carbocycles. The van der Waals surface area contributed by atoms with Gasteiger partial charge in [0, 0.05) is 32.1 Å². The minimum absolute atomic E-state index is 0.746. The normalized spacial score (nSPS) is 10.3. The Balaban J connectivity index is 2.70. The molecule has 0 unspecified atom stereocenters. The molecule has 68 valence electrons. The first kappa shape index (κ1) is 9.45. The molecule has 13 heavy (non-hydrogen) atoms. The van der Waals surface area contributed by atoms with Crippen molar-refractivity contribution in [2.24, 2.45) is 4.99 Å². The van der Waals surface area contributed by atoms with E-state index in [4.69, 9.17) is 0 Å². The monoisotopic (exact) mass is 175 g/mol. The lowest BCUT2D eigenvalue weighted by Crippen LogP contribution is -2.07. The Hall–Kier alpha value is -1.64. The van der Waals surface area contributed by atoms with Crippen molar-refractivity contribution in [3.05, 3.63) is 36.7 Å². The van der Waals surface area contributed by atoms with Gasteiger partial charge < -0.3 is 4.90 Å². The van der Waals surface area contributed by atoms with Gasteiger partial charge in [0.2, 0.25) is 0 Å². The van der Waals surface area contributed by atoms with Gasteiger partial charge in [0.05, 0.1) is 12.0 Å². The van der Waals surface area contributed by atoms with Crippen LogP contribution in [0.2, 0.25) is 0 Å². The largest absolute Gasteiger partial charge is 0.369 e. The van der Waals surface area contributed by atoms with Crippen molar-refractivity contribution in [2.75, 3.05) is 14.1 Å². The summed E-state index contributed by atoms with van der Waals surface area (Å²) >= 11 is 0. The smallest absolute Gasteiger partial charge is 0.0907 e. The molecule has 0 fully saturated rings. The molecule has 0 bridgehead atoms. The third-order valence-corrected chi connectivity index (χ3v) is 1.46. The highest BCUT2D eigenvalue weighted by Gasteiger charge is 1.93. The number of hydrogen-bond acceptors (Lipinski definition) is 2. The van der Waals surface area contributed by atoms with Crippen molar-refractivity contribution < 1.29 is 0 Å². The fourth-order valence-corrected chi connectivity index (χ4v) is 0.804. The van der Waals surface area contributed by atoms with Gasteiger partial charge in [-0.25, -0.2) is 4.99 Å². The number of aliphatic imine (C=N–C) groups is 1. The van der Waals surface area contributed by atoms with Crippen LogP contribution in [0.4, 0.5) is 0 Å². The van der Waals surface area contributed by atoms with Crippen LogP contribution in [0.5, 0.6) is 0 Å². The molecule has 3 heteroatoms. The van der Waals surface area contributed by atoms with Crippen molar-refractivity contribution in [3.8, 4) is 0 Å². The summed E-state index contributed by atoms with van der Waals surface area (Å²) in [6, 6.07) is 3.77. The number of nitrogens with zero attached hydrogens (tertiary/aromatic N) is 3. The van der Waals surface area contributed by atoms with E-state index in [0.29, 0.717) is 0 Å². The molecule has 1 heterocycles. The fourth-order valence-electron chi connectivity index (χ4n) is 0.804. The van der Waals surface area contributed by atoms with Crippen LogP contribution in [0.25, 0.3) is 5.70 Å². The van der Waals surface area contributed by atoms with Crippen LogP contribution in [0.15, 0.2) is 36.1 Å². The summed E-state index contributed by atoms with van der Waals surface area (Å²) in [5.74, 6) is 0. The van der Waals surface area contributed by atoms with Gasteiger partial charge in [-0.3, -0.25) is 4.98 Å². The average Bonchev–Trinajstić information content (AvgIpc) is 2.15. The van der Waals surface area contributed by atoms with Gasteiger partial charge in [0.25, 0.3) is 0 Å². The maximum absolute atomic E-state index is 4.17. The second kappa shape index (κ2) is 4.40. The molecule has 0 saturated heterocycles. The SMILES string of the molecule is C=C(N=CN(C)C)c1ccncc1.